The summed E-state index contributed by atoms with van der Waals surface area (Å²) in [5.74, 6) is -0.971. The van der Waals surface area contributed by atoms with Gasteiger partial charge in [-0.05, 0) is 18.1 Å². The minimum absolute atomic E-state index is 0.0525. The van der Waals surface area contributed by atoms with Gasteiger partial charge in [0.05, 0.1) is 0 Å². The molecule has 0 bridgehead atoms. The van der Waals surface area contributed by atoms with Crippen LogP contribution >= 0.6 is 0 Å². The summed E-state index contributed by atoms with van der Waals surface area (Å²) in [6.07, 6.45) is 14.5. The molecule has 0 fully saturated rings. The van der Waals surface area contributed by atoms with Gasteiger partial charge in [0.25, 0.3) is 0 Å². The van der Waals surface area contributed by atoms with Crippen molar-refractivity contribution >= 4 is 17.6 Å². The number of unbranched alkanes of at least 4 members (excludes halogenated alkanes) is 10. The molecule has 27 heavy (non-hydrogen) atoms. The van der Waals surface area contributed by atoms with Crippen molar-refractivity contribution in [2.24, 2.45) is 0 Å². The van der Waals surface area contributed by atoms with E-state index in [1.165, 1.54) is 62.7 Å². The second-order valence-corrected chi connectivity index (χ2v) is 7.74. The number of benzene rings is 1. The molecule has 0 saturated heterocycles. The van der Waals surface area contributed by atoms with Crippen LogP contribution in [0.5, 0.6) is 0 Å². The van der Waals surface area contributed by atoms with Gasteiger partial charge in [0.1, 0.15) is 6.04 Å². The number of carbonyl (C=O) groups excluding carboxylic acids is 1. The number of anilines is 1. The lowest BCUT2D eigenvalue weighted by Gasteiger charge is -2.22. The minimum atomic E-state index is -0.918. The molecule has 1 aliphatic heterocycles. The summed E-state index contributed by atoms with van der Waals surface area (Å²) in [6.45, 7) is 2.25. The predicted molar refractivity (Wildman–Crippen MR) is 110 cm³/mol. The molecule has 0 radical (unpaired) electrons. The van der Waals surface area contributed by atoms with Crippen molar-refractivity contribution in [1.29, 1.82) is 0 Å². The van der Waals surface area contributed by atoms with E-state index in [2.05, 4.69) is 6.92 Å². The van der Waals surface area contributed by atoms with Gasteiger partial charge >= 0.3 is 5.97 Å². The Morgan fingerprint density at radius 1 is 0.926 bits per heavy atom. The molecule has 1 aromatic rings. The standard InChI is InChI=1S/C23H35NO3/c1-2-3-4-5-6-7-8-9-10-11-12-17-22(25)24-20-16-14-13-15-19(20)18-21(24)23(26)27/h13-16,21H,2-12,17-18H2,1H3,(H,26,27). The van der Waals surface area contributed by atoms with Crippen LogP contribution in [0.3, 0.4) is 0 Å². The van der Waals surface area contributed by atoms with E-state index in [0.717, 1.165) is 24.1 Å². The fourth-order valence-electron chi connectivity index (χ4n) is 3.95. The molecule has 0 spiro atoms. The van der Waals surface area contributed by atoms with E-state index in [4.69, 9.17) is 0 Å². The van der Waals surface area contributed by atoms with Gasteiger partial charge in [0.2, 0.25) is 5.91 Å². The van der Waals surface area contributed by atoms with E-state index in [-0.39, 0.29) is 5.91 Å². The summed E-state index contributed by atoms with van der Waals surface area (Å²) in [7, 11) is 0. The Bertz CT molecular complexity index is 599. The highest BCUT2D eigenvalue weighted by Crippen LogP contribution is 2.33. The largest absolute Gasteiger partial charge is 0.480 e. The van der Waals surface area contributed by atoms with Gasteiger partial charge in [-0.2, -0.15) is 0 Å². The molecule has 4 nitrogen and oxygen atoms in total. The van der Waals surface area contributed by atoms with Gasteiger partial charge in [-0.1, -0.05) is 89.3 Å². The quantitative estimate of drug-likeness (QED) is 0.449. The summed E-state index contributed by atoms with van der Waals surface area (Å²) in [5, 5.41) is 9.47. The average molecular weight is 374 g/mol. The first-order valence-electron chi connectivity index (χ1n) is 10.8. The zero-order chi connectivity index (χ0) is 19.5. The van der Waals surface area contributed by atoms with Gasteiger partial charge in [0, 0.05) is 18.5 Å². The third-order valence-electron chi connectivity index (χ3n) is 5.52. The maximum Gasteiger partial charge on any atom is 0.327 e. The Balaban J connectivity index is 1.63. The van der Waals surface area contributed by atoms with Crippen LogP contribution in [-0.2, 0) is 16.0 Å². The highest BCUT2D eigenvalue weighted by Gasteiger charge is 2.37. The van der Waals surface area contributed by atoms with Crippen molar-refractivity contribution < 1.29 is 14.7 Å². The summed E-state index contributed by atoms with van der Waals surface area (Å²) in [4.78, 5) is 25.7. The lowest BCUT2D eigenvalue weighted by atomic mass is 10.0. The first kappa shape index (κ1) is 21.5. The molecule has 150 valence electrons. The lowest BCUT2D eigenvalue weighted by molar-refractivity contribution is -0.139. The average Bonchev–Trinajstić information content (AvgIpc) is 3.06. The molecule has 1 aliphatic rings. The van der Waals surface area contributed by atoms with Crippen molar-refractivity contribution in [3.05, 3.63) is 29.8 Å². The highest BCUT2D eigenvalue weighted by molar-refractivity contribution is 6.01. The second kappa shape index (κ2) is 11.8. The van der Waals surface area contributed by atoms with Gasteiger partial charge in [0.15, 0.2) is 0 Å². The van der Waals surface area contributed by atoms with Crippen LogP contribution in [-0.4, -0.2) is 23.0 Å². The number of hydrogen-bond acceptors (Lipinski definition) is 2. The van der Waals surface area contributed by atoms with E-state index < -0.39 is 12.0 Å². The molecule has 2 rings (SSSR count). The van der Waals surface area contributed by atoms with Crippen molar-refractivity contribution in [3.8, 4) is 0 Å². The highest BCUT2D eigenvalue weighted by atomic mass is 16.4. The van der Waals surface area contributed by atoms with Crippen LogP contribution in [0.1, 0.15) is 89.5 Å². The van der Waals surface area contributed by atoms with E-state index in [9.17, 15) is 14.7 Å². The Morgan fingerprint density at radius 3 is 2.07 bits per heavy atom. The lowest BCUT2D eigenvalue weighted by Crippen LogP contribution is -2.42. The topological polar surface area (TPSA) is 57.6 Å². The van der Waals surface area contributed by atoms with Gasteiger partial charge in [-0.25, -0.2) is 4.79 Å². The molecular weight excluding hydrogens is 338 g/mol. The number of hydrogen-bond donors (Lipinski definition) is 1. The molecule has 1 atom stereocenters. The summed E-state index contributed by atoms with van der Waals surface area (Å²) in [5.41, 5.74) is 1.73. The van der Waals surface area contributed by atoms with Gasteiger partial charge in [-0.15, -0.1) is 0 Å². The molecule has 4 heteroatoms. The van der Waals surface area contributed by atoms with E-state index in [0.29, 0.717) is 12.8 Å². The number of para-hydroxylation sites is 1. The molecule has 1 heterocycles. The van der Waals surface area contributed by atoms with Crippen molar-refractivity contribution in [2.75, 3.05) is 4.90 Å². The van der Waals surface area contributed by atoms with Crippen LogP contribution < -0.4 is 4.90 Å². The number of rotatable bonds is 13. The van der Waals surface area contributed by atoms with Gasteiger partial charge < -0.3 is 5.11 Å². The normalized spacial score (nSPS) is 15.7. The SMILES string of the molecule is CCCCCCCCCCCCCC(=O)N1c2ccccc2CC1C(=O)O. The minimum Gasteiger partial charge on any atom is -0.480 e. The fraction of sp³-hybridized carbons (Fsp3) is 0.652. The number of carboxylic acid groups (broad SMARTS) is 1. The van der Waals surface area contributed by atoms with E-state index in [1.54, 1.807) is 0 Å². The van der Waals surface area contributed by atoms with Crippen LogP contribution in [0.2, 0.25) is 0 Å². The molecule has 1 aromatic carbocycles. The summed E-state index contributed by atoms with van der Waals surface area (Å²) < 4.78 is 0. The van der Waals surface area contributed by atoms with E-state index in [1.807, 2.05) is 24.3 Å². The Morgan fingerprint density at radius 2 is 1.48 bits per heavy atom. The predicted octanol–water partition coefficient (Wildman–Crippen LogP) is 5.73. The molecule has 1 amide bonds. The maximum absolute atomic E-state index is 12.6. The molecule has 1 N–H and O–H groups in total. The Hall–Kier alpha value is -1.84. The number of fused-ring (bicyclic) bond motifs is 1. The number of carboxylic acids is 1. The van der Waals surface area contributed by atoms with Crippen molar-refractivity contribution in [1.82, 2.24) is 0 Å². The molecule has 0 aliphatic carbocycles. The first-order valence-corrected chi connectivity index (χ1v) is 10.8. The molecule has 0 aromatic heterocycles. The zero-order valence-corrected chi connectivity index (χ0v) is 16.8. The van der Waals surface area contributed by atoms with Crippen molar-refractivity contribution in [2.45, 2.75) is 96.4 Å². The Kier molecular flexibility index (Phi) is 9.37. The summed E-state index contributed by atoms with van der Waals surface area (Å²) >= 11 is 0. The monoisotopic (exact) mass is 373 g/mol. The van der Waals surface area contributed by atoms with Crippen LogP contribution in [0.15, 0.2) is 24.3 Å². The number of carbonyl (C=O) groups is 2. The van der Waals surface area contributed by atoms with E-state index >= 15 is 0 Å². The third kappa shape index (κ3) is 6.67. The smallest absolute Gasteiger partial charge is 0.327 e. The molecule has 1 unspecified atom stereocenters. The third-order valence-corrected chi connectivity index (χ3v) is 5.52. The number of amides is 1. The fourth-order valence-corrected chi connectivity index (χ4v) is 3.95. The second-order valence-electron chi connectivity index (χ2n) is 7.74. The summed E-state index contributed by atoms with van der Waals surface area (Å²) in [6, 6.07) is 6.79. The van der Waals surface area contributed by atoms with Gasteiger partial charge in [-0.3, -0.25) is 9.69 Å². The molecular formula is C23H35NO3. The molecule has 0 saturated carbocycles. The zero-order valence-electron chi connectivity index (χ0n) is 16.8. The first-order chi connectivity index (χ1) is 13.1. The van der Waals surface area contributed by atoms with Crippen LogP contribution in [0.25, 0.3) is 0 Å². The van der Waals surface area contributed by atoms with Crippen LogP contribution in [0.4, 0.5) is 5.69 Å². The maximum atomic E-state index is 12.6. The number of aliphatic carboxylic acids is 1. The Labute approximate surface area is 164 Å². The van der Waals surface area contributed by atoms with Crippen molar-refractivity contribution in [3.63, 3.8) is 0 Å². The number of nitrogens with zero attached hydrogens (tertiary/aromatic N) is 1. The van der Waals surface area contributed by atoms with Crippen LogP contribution in [0, 0.1) is 0 Å².